The van der Waals surface area contributed by atoms with Crippen molar-refractivity contribution in [2.75, 3.05) is 36.5 Å². The lowest BCUT2D eigenvalue weighted by Crippen LogP contribution is -2.42. The summed E-state index contributed by atoms with van der Waals surface area (Å²) in [6.45, 7) is 7.85. The Morgan fingerprint density at radius 1 is 1.04 bits per heavy atom. The first kappa shape index (κ1) is 32.1. The average Bonchev–Trinajstić information content (AvgIpc) is 3.50. The summed E-state index contributed by atoms with van der Waals surface area (Å²) in [7, 11) is 0. The van der Waals surface area contributed by atoms with Gasteiger partial charge in [0.25, 0.3) is 11.8 Å². The van der Waals surface area contributed by atoms with Gasteiger partial charge in [0.15, 0.2) is 0 Å². The highest BCUT2D eigenvalue weighted by molar-refractivity contribution is 5.97. The van der Waals surface area contributed by atoms with Crippen LogP contribution in [-0.2, 0) is 20.7 Å². The molecule has 12 nitrogen and oxygen atoms in total. The SMILES string of the molecule is CC(C)(C)OC(=O)Nc1ccc(-c2nc(-c3ccc(CC(NC(=O)c4cccc(N5CCOCC5)c4)C(=O)O)cc3F)no2)cc1. The van der Waals surface area contributed by atoms with Crippen LogP contribution in [0, 0.1) is 5.82 Å². The number of carboxylic acid groups (broad SMARTS) is 1. The molecule has 1 aromatic heterocycles. The quantitative estimate of drug-likeness (QED) is 0.226. The fraction of sp³-hybridized carbons (Fsp3) is 0.303. The van der Waals surface area contributed by atoms with E-state index in [4.69, 9.17) is 14.0 Å². The van der Waals surface area contributed by atoms with Gasteiger partial charge in [0.2, 0.25) is 5.82 Å². The molecule has 0 aliphatic carbocycles. The Labute approximate surface area is 264 Å². The molecule has 0 radical (unpaired) electrons. The molecule has 2 heterocycles. The molecular formula is C33H34FN5O7. The Balaban J connectivity index is 1.23. The standard InChI is InChI=1S/C33H34FN5O7/c1-33(2,3)45-32(43)35-23-10-8-21(9-11-23)30-37-28(38-46-30)25-12-7-20(17-26(25)34)18-27(31(41)42)36-29(40)22-5-4-6-24(19-22)39-13-15-44-16-14-39/h4-12,17,19,27H,13-16,18H2,1-3H3,(H,35,43)(H,36,40)(H,41,42). The van der Waals surface area contributed by atoms with E-state index in [9.17, 15) is 19.5 Å². The van der Waals surface area contributed by atoms with Gasteiger partial charge in [0, 0.05) is 42.0 Å². The van der Waals surface area contributed by atoms with Crippen LogP contribution in [0.4, 0.5) is 20.6 Å². The van der Waals surface area contributed by atoms with Crippen molar-refractivity contribution in [1.29, 1.82) is 0 Å². The predicted octanol–water partition coefficient (Wildman–Crippen LogP) is 5.15. The minimum absolute atomic E-state index is 0.00163. The molecule has 0 bridgehead atoms. The first-order chi connectivity index (χ1) is 21.9. The number of amides is 2. The fourth-order valence-electron chi connectivity index (χ4n) is 4.78. The van der Waals surface area contributed by atoms with Gasteiger partial charge in [-0.3, -0.25) is 10.1 Å². The third kappa shape index (κ3) is 8.24. The van der Waals surface area contributed by atoms with Crippen molar-refractivity contribution < 1.29 is 37.9 Å². The van der Waals surface area contributed by atoms with E-state index < -0.39 is 35.4 Å². The van der Waals surface area contributed by atoms with Crippen molar-refractivity contribution in [3.05, 3.63) is 83.7 Å². The van der Waals surface area contributed by atoms with Gasteiger partial charge in [0.1, 0.15) is 17.5 Å². The number of aliphatic carboxylic acids is 1. The monoisotopic (exact) mass is 631 g/mol. The predicted molar refractivity (Wildman–Crippen MR) is 167 cm³/mol. The van der Waals surface area contributed by atoms with E-state index in [2.05, 4.69) is 25.7 Å². The topological polar surface area (TPSA) is 156 Å². The van der Waals surface area contributed by atoms with E-state index in [0.717, 1.165) is 5.69 Å². The van der Waals surface area contributed by atoms with E-state index in [1.165, 1.54) is 12.1 Å². The highest BCUT2D eigenvalue weighted by Gasteiger charge is 2.23. The van der Waals surface area contributed by atoms with Crippen molar-refractivity contribution in [1.82, 2.24) is 15.5 Å². The normalized spacial score (nSPS) is 14.0. The second kappa shape index (κ2) is 13.8. The molecule has 1 unspecified atom stereocenters. The summed E-state index contributed by atoms with van der Waals surface area (Å²) in [6, 6.07) is 16.4. The summed E-state index contributed by atoms with van der Waals surface area (Å²) >= 11 is 0. The van der Waals surface area contributed by atoms with E-state index >= 15 is 4.39 Å². The van der Waals surface area contributed by atoms with Crippen molar-refractivity contribution in [3.63, 3.8) is 0 Å². The molecule has 4 aromatic rings. The van der Waals surface area contributed by atoms with Crippen molar-refractivity contribution in [2.24, 2.45) is 0 Å². The summed E-state index contributed by atoms with van der Waals surface area (Å²) < 4.78 is 31.2. The molecule has 3 N–H and O–H groups in total. The molecule has 2 amide bonds. The Morgan fingerprint density at radius 2 is 1.78 bits per heavy atom. The molecule has 1 atom stereocenters. The van der Waals surface area contributed by atoms with E-state index in [0.29, 0.717) is 48.7 Å². The lowest BCUT2D eigenvalue weighted by atomic mass is 10.0. The summed E-state index contributed by atoms with van der Waals surface area (Å²) in [5, 5.41) is 18.9. The Morgan fingerprint density at radius 3 is 2.46 bits per heavy atom. The Bertz CT molecular complexity index is 1710. The number of carboxylic acids is 1. The number of halogens is 1. The molecule has 46 heavy (non-hydrogen) atoms. The van der Waals surface area contributed by atoms with Crippen molar-refractivity contribution >= 4 is 29.3 Å². The fourth-order valence-corrected chi connectivity index (χ4v) is 4.78. The number of carbonyl (C=O) groups excluding carboxylic acids is 2. The zero-order valence-corrected chi connectivity index (χ0v) is 25.6. The maximum atomic E-state index is 15.2. The summed E-state index contributed by atoms with van der Waals surface area (Å²) in [4.78, 5) is 43.4. The number of hydrogen-bond acceptors (Lipinski definition) is 9. The van der Waals surface area contributed by atoms with E-state index in [1.54, 1.807) is 69.3 Å². The molecule has 1 aliphatic rings. The van der Waals surface area contributed by atoms with Crippen molar-refractivity contribution in [2.45, 2.75) is 38.8 Å². The molecule has 1 fully saturated rings. The van der Waals surface area contributed by atoms with Crippen LogP contribution in [0.1, 0.15) is 36.7 Å². The maximum Gasteiger partial charge on any atom is 0.412 e. The first-order valence-corrected chi connectivity index (χ1v) is 14.6. The lowest BCUT2D eigenvalue weighted by Gasteiger charge is -2.29. The number of anilines is 2. The minimum atomic E-state index is -1.30. The number of ether oxygens (including phenoxy) is 2. The molecule has 0 spiro atoms. The molecule has 1 saturated heterocycles. The van der Waals surface area contributed by atoms with Crippen LogP contribution >= 0.6 is 0 Å². The van der Waals surface area contributed by atoms with Crippen LogP contribution in [-0.4, -0.2) is 71.2 Å². The second-order valence-electron chi connectivity index (χ2n) is 11.7. The van der Waals surface area contributed by atoms with Crippen molar-refractivity contribution in [3.8, 4) is 22.8 Å². The van der Waals surface area contributed by atoms with Crippen LogP contribution < -0.4 is 15.5 Å². The highest BCUT2D eigenvalue weighted by Crippen LogP contribution is 2.26. The third-order valence-corrected chi connectivity index (χ3v) is 7.01. The maximum absolute atomic E-state index is 15.2. The number of aromatic nitrogens is 2. The summed E-state index contributed by atoms with van der Waals surface area (Å²) in [5.41, 5.74) is 1.97. The smallest absolute Gasteiger partial charge is 0.412 e. The number of nitrogens with one attached hydrogen (secondary N) is 2. The number of nitrogens with zero attached hydrogens (tertiary/aromatic N) is 3. The Hall–Kier alpha value is -5.30. The zero-order chi connectivity index (χ0) is 32.8. The number of morpholine rings is 1. The summed E-state index contributed by atoms with van der Waals surface area (Å²) in [5.74, 6) is -2.35. The number of benzene rings is 3. The van der Waals surface area contributed by atoms with Gasteiger partial charge in [-0.15, -0.1) is 0 Å². The Kier molecular flexibility index (Phi) is 9.61. The first-order valence-electron chi connectivity index (χ1n) is 14.6. The zero-order valence-electron chi connectivity index (χ0n) is 25.6. The lowest BCUT2D eigenvalue weighted by molar-refractivity contribution is -0.139. The van der Waals surface area contributed by atoms with Crippen LogP contribution in [0.15, 0.2) is 71.3 Å². The number of carbonyl (C=O) groups is 3. The van der Waals surface area contributed by atoms with Gasteiger partial charge >= 0.3 is 12.1 Å². The van der Waals surface area contributed by atoms with Crippen LogP contribution in [0.5, 0.6) is 0 Å². The molecule has 3 aromatic carbocycles. The van der Waals surface area contributed by atoms with Gasteiger partial charge in [-0.25, -0.2) is 14.0 Å². The average molecular weight is 632 g/mol. The molecule has 1 aliphatic heterocycles. The number of hydrogen-bond donors (Lipinski definition) is 3. The van der Waals surface area contributed by atoms with Crippen LogP contribution in [0.2, 0.25) is 0 Å². The highest BCUT2D eigenvalue weighted by atomic mass is 19.1. The summed E-state index contributed by atoms with van der Waals surface area (Å²) in [6.07, 6.45) is -0.742. The number of rotatable bonds is 9. The third-order valence-electron chi connectivity index (χ3n) is 7.01. The van der Waals surface area contributed by atoms with Gasteiger partial charge in [-0.05, 0) is 80.9 Å². The second-order valence-corrected chi connectivity index (χ2v) is 11.7. The molecule has 5 rings (SSSR count). The van der Waals surface area contributed by atoms with E-state index in [-0.39, 0.29) is 23.7 Å². The molecular weight excluding hydrogens is 597 g/mol. The largest absolute Gasteiger partial charge is 0.480 e. The molecule has 240 valence electrons. The molecule has 13 heteroatoms. The van der Waals surface area contributed by atoms with Gasteiger partial charge < -0.3 is 29.3 Å². The molecule has 0 saturated carbocycles. The minimum Gasteiger partial charge on any atom is -0.480 e. The van der Waals surface area contributed by atoms with Gasteiger partial charge in [0.05, 0.1) is 18.8 Å². The van der Waals surface area contributed by atoms with Crippen LogP contribution in [0.3, 0.4) is 0 Å². The van der Waals surface area contributed by atoms with Crippen LogP contribution in [0.25, 0.3) is 22.8 Å². The van der Waals surface area contributed by atoms with E-state index in [1.807, 2.05) is 6.07 Å². The van der Waals surface area contributed by atoms with Gasteiger partial charge in [-0.1, -0.05) is 17.3 Å². The van der Waals surface area contributed by atoms with Gasteiger partial charge in [-0.2, -0.15) is 4.98 Å².